The first-order valence-electron chi connectivity index (χ1n) is 8.75. The van der Waals surface area contributed by atoms with Crippen LogP contribution in [0.4, 0.5) is 10.1 Å². The molecule has 0 aromatic heterocycles. The van der Waals surface area contributed by atoms with E-state index < -0.39 is 0 Å². The summed E-state index contributed by atoms with van der Waals surface area (Å²) in [5.41, 5.74) is 1.78. The molecule has 3 rings (SSSR count). The molecule has 1 amide bonds. The van der Waals surface area contributed by atoms with Crippen LogP contribution in [-0.2, 0) is 11.3 Å². The molecule has 0 unspecified atom stereocenters. The van der Waals surface area contributed by atoms with Gasteiger partial charge in [-0.3, -0.25) is 9.69 Å². The molecule has 1 saturated heterocycles. The topological polar surface area (TPSA) is 35.6 Å². The largest absolute Gasteiger partial charge is 0.367 e. The molecule has 1 heterocycles. The number of piperazine rings is 1. The lowest BCUT2D eigenvalue weighted by Crippen LogP contribution is -2.47. The number of anilines is 1. The van der Waals surface area contributed by atoms with Gasteiger partial charge in [0.15, 0.2) is 0 Å². The smallest absolute Gasteiger partial charge is 0.221 e. The van der Waals surface area contributed by atoms with Crippen LogP contribution >= 0.6 is 0 Å². The van der Waals surface area contributed by atoms with Crippen molar-refractivity contribution >= 4 is 11.6 Å². The van der Waals surface area contributed by atoms with E-state index in [1.807, 2.05) is 42.5 Å². The molecule has 1 aliphatic rings. The van der Waals surface area contributed by atoms with Crippen molar-refractivity contribution in [2.75, 3.05) is 37.6 Å². The normalized spacial score (nSPS) is 15.2. The SMILES string of the molecule is O=C(CCN1CCN(c2ccccc2F)CC1)NCc1ccccc1. The van der Waals surface area contributed by atoms with Gasteiger partial charge in [0.25, 0.3) is 0 Å². The maximum absolute atomic E-state index is 13.8. The van der Waals surface area contributed by atoms with E-state index in [4.69, 9.17) is 0 Å². The highest BCUT2D eigenvalue weighted by molar-refractivity contribution is 5.76. The monoisotopic (exact) mass is 341 g/mol. The number of halogens is 1. The molecule has 5 heteroatoms. The molecule has 1 fully saturated rings. The van der Waals surface area contributed by atoms with Crippen LogP contribution in [0.15, 0.2) is 54.6 Å². The zero-order chi connectivity index (χ0) is 17.5. The third kappa shape index (κ3) is 5.03. The summed E-state index contributed by atoms with van der Waals surface area (Å²) in [7, 11) is 0. The van der Waals surface area contributed by atoms with Crippen LogP contribution in [0.25, 0.3) is 0 Å². The number of hydrogen-bond donors (Lipinski definition) is 1. The highest BCUT2D eigenvalue weighted by Gasteiger charge is 2.19. The van der Waals surface area contributed by atoms with Gasteiger partial charge in [0.05, 0.1) is 5.69 Å². The van der Waals surface area contributed by atoms with Crippen molar-refractivity contribution in [1.29, 1.82) is 0 Å². The van der Waals surface area contributed by atoms with Gasteiger partial charge < -0.3 is 10.2 Å². The van der Waals surface area contributed by atoms with Crippen molar-refractivity contribution in [3.8, 4) is 0 Å². The second-order valence-corrected chi connectivity index (χ2v) is 6.29. The molecule has 0 radical (unpaired) electrons. The number of carbonyl (C=O) groups is 1. The van der Waals surface area contributed by atoms with Crippen LogP contribution in [0.3, 0.4) is 0 Å². The van der Waals surface area contributed by atoms with Crippen LogP contribution in [0, 0.1) is 5.82 Å². The molecule has 4 nitrogen and oxygen atoms in total. The molecule has 0 bridgehead atoms. The van der Waals surface area contributed by atoms with E-state index in [2.05, 4.69) is 15.1 Å². The Morgan fingerprint density at radius 3 is 2.36 bits per heavy atom. The van der Waals surface area contributed by atoms with Gasteiger partial charge in [-0.2, -0.15) is 0 Å². The standard InChI is InChI=1S/C20H24FN3O/c21-18-8-4-5-9-19(18)24-14-12-23(13-15-24)11-10-20(25)22-16-17-6-2-1-3-7-17/h1-9H,10-16H2,(H,22,25). The van der Waals surface area contributed by atoms with E-state index in [0.717, 1.165) is 38.3 Å². The van der Waals surface area contributed by atoms with Crippen molar-refractivity contribution in [2.45, 2.75) is 13.0 Å². The fraction of sp³-hybridized carbons (Fsp3) is 0.350. The number of rotatable bonds is 6. The second-order valence-electron chi connectivity index (χ2n) is 6.29. The number of carbonyl (C=O) groups excluding carboxylic acids is 1. The summed E-state index contributed by atoms with van der Waals surface area (Å²) in [5, 5.41) is 2.96. The number of benzene rings is 2. The highest BCUT2D eigenvalue weighted by atomic mass is 19.1. The lowest BCUT2D eigenvalue weighted by Gasteiger charge is -2.36. The minimum Gasteiger partial charge on any atom is -0.367 e. The van der Waals surface area contributed by atoms with Gasteiger partial charge in [-0.25, -0.2) is 4.39 Å². The first-order chi connectivity index (χ1) is 12.2. The minimum absolute atomic E-state index is 0.0698. The van der Waals surface area contributed by atoms with Crippen LogP contribution in [0.5, 0.6) is 0 Å². The lowest BCUT2D eigenvalue weighted by atomic mass is 10.2. The first-order valence-corrected chi connectivity index (χ1v) is 8.75. The zero-order valence-corrected chi connectivity index (χ0v) is 14.3. The van der Waals surface area contributed by atoms with Crippen molar-refractivity contribution in [2.24, 2.45) is 0 Å². The van der Waals surface area contributed by atoms with Gasteiger partial charge >= 0.3 is 0 Å². The molecule has 1 N–H and O–H groups in total. The Hall–Kier alpha value is -2.40. The van der Waals surface area contributed by atoms with Crippen LogP contribution in [0.2, 0.25) is 0 Å². The number of nitrogens with one attached hydrogen (secondary N) is 1. The molecular formula is C20H24FN3O. The van der Waals surface area contributed by atoms with E-state index in [1.54, 1.807) is 6.07 Å². The molecule has 0 spiro atoms. The molecule has 0 saturated carbocycles. The van der Waals surface area contributed by atoms with E-state index in [-0.39, 0.29) is 11.7 Å². The molecule has 0 aliphatic carbocycles. The molecule has 2 aromatic carbocycles. The fourth-order valence-corrected chi connectivity index (χ4v) is 3.07. The molecule has 2 aromatic rings. The molecule has 25 heavy (non-hydrogen) atoms. The maximum atomic E-state index is 13.8. The van der Waals surface area contributed by atoms with Crippen LogP contribution in [0.1, 0.15) is 12.0 Å². The van der Waals surface area contributed by atoms with Gasteiger partial charge in [-0.05, 0) is 17.7 Å². The van der Waals surface area contributed by atoms with Gasteiger partial charge in [-0.15, -0.1) is 0 Å². The van der Waals surface area contributed by atoms with Crippen molar-refractivity contribution in [1.82, 2.24) is 10.2 Å². The van der Waals surface area contributed by atoms with Crippen molar-refractivity contribution in [3.05, 3.63) is 66.0 Å². The summed E-state index contributed by atoms with van der Waals surface area (Å²) in [6.07, 6.45) is 0.493. The maximum Gasteiger partial charge on any atom is 0.221 e. The van der Waals surface area contributed by atoms with E-state index in [1.165, 1.54) is 6.07 Å². The third-order valence-corrected chi connectivity index (χ3v) is 4.55. The highest BCUT2D eigenvalue weighted by Crippen LogP contribution is 2.20. The second kappa shape index (κ2) is 8.62. The molecule has 132 valence electrons. The quantitative estimate of drug-likeness (QED) is 0.877. The third-order valence-electron chi connectivity index (χ3n) is 4.55. The Morgan fingerprint density at radius 2 is 1.64 bits per heavy atom. The molecule has 0 atom stereocenters. The predicted octanol–water partition coefficient (Wildman–Crippen LogP) is 2.65. The number of para-hydroxylation sites is 1. The van der Waals surface area contributed by atoms with Gasteiger partial charge in [-0.1, -0.05) is 42.5 Å². The molecular weight excluding hydrogens is 317 g/mol. The lowest BCUT2D eigenvalue weighted by molar-refractivity contribution is -0.121. The Kier molecular flexibility index (Phi) is 6.01. The van der Waals surface area contributed by atoms with Gasteiger partial charge in [0, 0.05) is 45.7 Å². The molecule has 1 aliphatic heterocycles. The average Bonchev–Trinajstić information content (AvgIpc) is 2.66. The van der Waals surface area contributed by atoms with Crippen LogP contribution in [-0.4, -0.2) is 43.5 Å². The number of hydrogen-bond acceptors (Lipinski definition) is 3. The Balaban J connectivity index is 1.38. The summed E-state index contributed by atoms with van der Waals surface area (Å²) >= 11 is 0. The van der Waals surface area contributed by atoms with Crippen molar-refractivity contribution < 1.29 is 9.18 Å². The minimum atomic E-state index is -0.170. The van der Waals surface area contributed by atoms with Crippen LogP contribution < -0.4 is 10.2 Å². The summed E-state index contributed by atoms with van der Waals surface area (Å²) in [6, 6.07) is 16.8. The number of amides is 1. The van der Waals surface area contributed by atoms with E-state index in [9.17, 15) is 9.18 Å². The van der Waals surface area contributed by atoms with Gasteiger partial charge in [0.2, 0.25) is 5.91 Å². The Labute approximate surface area is 148 Å². The Morgan fingerprint density at radius 1 is 0.960 bits per heavy atom. The summed E-state index contributed by atoms with van der Waals surface area (Å²) in [4.78, 5) is 16.3. The first kappa shape index (κ1) is 17.4. The summed E-state index contributed by atoms with van der Waals surface area (Å²) in [6.45, 7) is 4.58. The summed E-state index contributed by atoms with van der Waals surface area (Å²) < 4.78 is 13.8. The zero-order valence-electron chi connectivity index (χ0n) is 14.3. The summed E-state index contributed by atoms with van der Waals surface area (Å²) in [5.74, 6) is -0.100. The Bertz CT molecular complexity index is 684. The number of nitrogens with zero attached hydrogens (tertiary/aromatic N) is 2. The van der Waals surface area contributed by atoms with E-state index in [0.29, 0.717) is 18.7 Å². The predicted molar refractivity (Wildman–Crippen MR) is 98.0 cm³/mol. The van der Waals surface area contributed by atoms with Gasteiger partial charge in [0.1, 0.15) is 5.82 Å². The van der Waals surface area contributed by atoms with Crippen molar-refractivity contribution in [3.63, 3.8) is 0 Å². The van der Waals surface area contributed by atoms with E-state index >= 15 is 0 Å². The average molecular weight is 341 g/mol. The fourth-order valence-electron chi connectivity index (χ4n) is 3.07.